The maximum absolute atomic E-state index is 12.8. The molecule has 16 heavy (non-hydrogen) atoms. The molecule has 0 amide bonds. The molecule has 0 aromatic heterocycles. The second-order valence-corrected chi connectivity index (χ2v) is 6.34. The molecule has 0 fully saturated rings. The summed E-state index contributed by atoms with van der Waals surface area (Å²) in [6.45, 7) is 9.48. The molecular formula is C12H21F3O. The molecule has 0 bridgehead atoms. The first-order valence-corrected chi connectivity index (χ1v) is 5.36. The zero-order chi connectivity index (χ0) is 13.4. The minimum atomic E-state index is -4.32. The van der Waals surface area contributed by atoms with Crippen molar-refractivity contribution < 1.29 is 18.0 Å². The lowest BCUT2D eigenvalue weighted by Gasteiger charge is -2.33. The Morgan fingerprint density at radius 3 is 1.56 bits per heavy atom. The molecule has 0 saturated heterocycles. The molecule has 4 heteroatoms. The molecule has 96 valence electrons. The summed E-state index contributed by atoms with van der Waals surface area (Å²) in [6, 6.07) is 0. The third-order valence-electron chi connectivity index (χ3n) is 2.67. The monoisotopic (exact) mass is 238 g/mol. The summed E-state index contributed by atoms with van der Waals surface area (Å²) in [5.74, 6) is -1.92. The van der Waals surface area contributed by atoms with Gasteiger partial charge in [0.1, 0.15) is 5.78 Å². The van der Waals surface area contributed by atoms with Crippen molar-refractivity contribution >= 4 is 5.78 Å². The van der Waals surface area contributed by atoms with Gasteiger partial charge in [-0.05, 0) is 5.41 Å². The van der Waals surface area contributed by atoms with E-state index < -0.39 is 29.3 Å². The summed E-state index contributed by atoms with van der Waals surface area (Å²) in [6.07, 6.45) is -4.75. The summed E-state index contributed by atoms with van der Waals surface area (Å²) in [4.78, 5) is 11.7. The Hall–Kier alpha value is -0.540. The van der Waals surface area contributed by atoms with Crippen molar-refractivity contribution in [3.63, 3.8) is 0 Å². The summed E-state index contributed by atoms with van der Waals surface area (Å²) in [5.41, 5.74) is -1.66. The van der Waals surface area contributed by atoms with E-state index in [2.05, 4.69) is 0 Å². The average molecular weight is 238 g/mol. The maximum atomic E-state index is 12.8. The lowest BCUT2D eigenvalue weighted by Crippen LogP contribution is -2.38. The van der Waals surface area contributed by atoms with Crippen molar-refractivity contribution in [1.29, 1.82) is 0 Å². The molecular weight excluding hydrogens is 217 g/mol. The highest BCUT2D eigenvalue weighted by Gasteiger charge is 2.48. The minimum absolute atomic E-state index is 0.343. The molecule has 0 aliphatic heterocycles. The number of hydrogen-bond acceptors (Lipinski definition) is 1. The molecule has 0 saturated carbocycles. The van der Waals surface area contributed by atoms with E-state index in [1.165, 1.54) is 20.8 Å². The van der Waals surface area contributed by atoms with E-state index in [4.69, 9.17) is 0 Å². The van der Waals surface area contributed by atoms with Crippen LogP contribution in [0.3, 0.4) is 0 Å². The first kappa shape index (κ1) is 15.5. The van der Waals surface area contributed by atoms with Crippen LogP contribution >= 0.6 is 0 Å². The minimum Gasteiger partial charge on any atom is -0.299 e. The largest absolute Gasteiger partial charge is 0.392 e. The molecule has 0 aromatic carbocycles. The fraction of sp³-hybridized carbons (Fsp3) is 0.917. The SMILES string of the molecule is CC(C)(C)C(=O)CC(C(C)(C)C)C(F)(F)F. The maximum Gasteiger partial charge on any atom is 0.392 e. The number of hydrogen-bond donors (Lipinski definition) is 0. The van der Waals surface area contributed by atoms with Gasteiger partial charge < -0.3 is 0 Å². The number of carbonyl (C=O) groups excluding carboxylic acids is 1. The Labute approximate surface area is 95.4 Å². The summed E-state index contributed by atoms with van der Waals surface area (Å²) < 4.78 is 38.4. The van der Waals surface area contributed by atoms with E-state index in [-0.39, 0.29) is 5.78 Å². The van der Waals surface area contributed by atoms with Crippen LogP contribution in [-0.4, -0.2) is 12.0 Å². The Balaban J connectivity index is 4.93. The van der Waals surface area contributed by atoms with E-state index in [0.29, 0.717) is 0 Å². The van der Waals surface area contributed by atoms with Crippen LogP contribution in [-0.2, 0) is 4.79 Å². The highest BCUT2D eigenvalue weighted by molar-refractivity contribution is 5.83. The number of alkyl halides is 3. The van der Waals surface area contributed by atoms with Crippen LogP contribution in [0.1, 0.15) is 48.0 Å². The first-order chi connectivity index (χ1) is 6.76. The van der Waals surface area contributed by atoms with Gasteiger partial charge in [-0.25, -0.2) is 0 Å². The van der Waals surface area contributed by atoms with E-state index in [0.717, 1.165) is 0 Å². The molecule has 0 aliphatic carbocycles. The summed E-state index contributed by atoms with van der Waals surface area (Å²) in [5, 5.41) is 0. The quantitative estimate of drug-likeness (QED) is 0.704. The van der Waals surface area contributed by atoms with Gasteiger partial charge in [-0.2, -0.15) is 13.2 Å². The fourth-order valence-electron chi connectivity index (χ4n) is 1.40. The van der Waals surface area contributed by atoms with Crippen molar-refractivity contribution in [1.82, 2.24) is 0 Å². The van der Waals surface area contributed by atoms with Gasteiger partial charge in [-0.3, -0.25) is 4.79 Å². The molecule has 0 spiro atoms. The van der Waals surface area contributed by atoms with Gasteiger partial charge in [0.25, 0.3) is 0 Å². The highest BCUT2D eigenvalue weighted by atomic mass is 19.4. The second kappa shape index (κ2) is 4.38. The van der Waals surface area contributed by atoms with Gasteiger partial charge in [-0.1, -0.05) is 41.5 Å². The van der Waals surface area contributed by atoms with Crippen molar-refractivity contribution in [2.45, 2.75) is 54.1 Å². The molecule has 0 aliphatic rings. The van der Waals surface area contributed by atoms with Crippen LogP contribution < -0.4 is 0 Å². The number of ketones is 1. The Morgan fingerprint density at radius 1 is 1.00 bits per heavy atom. The van der Waals surface area contributed by atoms with Crippen LogP contribution in [0.2, 0.25) is 0 Å². The number of rotatable bonds is 2. The highest BCUT2D eigenvalue weighted by Crippen LogP contribution is 2.42. The third kappa shape index (κ3) is 4.54. The molecule has 0 heterocycles. The van der Waals surface area contributed by atoms with E-state index in [1.807, 2.05) is 0 Å². The van der Waals surface area contributed by atoms with Crippen LogP contribution in [0.5, 0.6) is 0 Å². The summed E-state index contributed by atoms with van der Waals surface area (Å²) in [7, 11) is 0. The fourth-order valence-corrected chi connectivity index (χ4v) is 1.40. The van der Waals surface area contributed by atoms with Gasteiger partial charge >= 0.3 is 6.18 Å². The summed E-state index contributed by atoms with van der Waals surface area (Å²) >= 11 is 0. The van der Waals surface area contributed by atoms with Crippen molar-refractivity contribution in [2.24, 2.45) is 16.7 Å². The van der Waals surface area contributed by atoms with Crippen molar-refractivity contribution in [2.75, 3.05) is 0 Å². The van der Waals surface area contributed by atoms with Crippen LogP contribution in [0.4, 0.5) is 13.2 Å². The zero-order valence-electron chi connectivity index (χ0n) is 10.8. The third-order valence-corrected chi connectivity index (χ3v) is 2.67. The number of carbonyl (C=O) groups is 1. The molecule has 1 unspecified atom stereocenters. The van der Waals surface area contributed by atoms with Crippen molar-refractivity contribution in [3.05, 3.63) is 0 Å². The lowest BCUT2D eigenvalue weighted by atomic mass is 9.74. The topological polar surface area (TPSA) is 17.1 Å². The lowest BCUT2D eigenvalue weighted by molar-refractivity contribution is -0.203. The molecule has 0 rings (SSSR count). The molecule has 0 radical (unpaired) electrons. The Bertz CT molecular complexity index is 239. The van der Waals surface area contributed by atoms with Crippen LogP contribution in [0, 0.1) is 16.7 Å². The Morgan fingerprint density at radius 2 is 1.38 bits per heavy atom. The predicted octanol–water partition coefficient (Wildman–Crippen LogP) is 4.22. The first-order valence-electron chi connectivity index (χ1n) is 5.36. The Kier molecular flexibility index (Phi) is 4.23. The second-order valence-electron chi connectivity index (χ2n) is 6.34. The smallest absolute Gasteiger partial charge is 0.299 e. The van der Waals surface area contributed by atoms with E-state index >= 15 is 0 Å². The van der Waals surface area contributed by atoms with Gasteiger partial charge in [-0.15, -0.1) is 0 Å². The average Bonchev–Trinajstić information content (AvgIpc) is 1.92. The van der Waals surface area contributed by atoms with E-state index in [9.17, 15) is 18.0 Å². The van der Waals surface area contributed by atoms with E-state index in [1.54, 1.807) is 20.8 Å². The normalized spacial score (nSPS) is 16.1. The predicted molar refractivity (Wildman–Crippen MR) is 58.1 cm³/mol. The molecule has 0 aromatic rings. The number of Topliss-reactive ketones (excluding diaryl/α,β-unsaturated/α-hetero) is 1. The van der Waals surface area contributed by atoms with Gasteiger partial charge in [0.2, 0.25) is 0 Å². The number of halogens is 3. The van der Waals surface area contributed by atoms with Crippen molar-refractivity contribution in [3.8, 4) is 0 Å². The zero-order valence-corrected chi connectivity index (χ0v) is 10.8. The molecule has 1 atom stereocenters. The molecule has 0 N–H and O–H groups in total. The van der Waals surface area contributed by atoms with Gasteiger partial charge in [0.05, 0.1) is 5.92 Å². The molecule has 1 nitrogen and oxygen atoms in total. The van der Waals surface area contributed by atoms with Gasteiger partial charge in [0.15, 0.2) is 0 Å². The van der Waals surface area contributed by atoms with Gasteiger partial charge in [0, 0.05) is 11.8 Å². The van der Waals surface area contributed by atoms with Crippen LogP contribution in [0.15, 0.2) is 0 Å². The standard InChI is InChI=1S/C12H21F3O/c1-10(2,3)8(12(13,14)15)7-9(16)11(4,5)6/h8H,7H2,1-6H3. The van der Waals surface area contributed by atoms with Crippen LogP contribution in [0.25, 0.3) is 0 Å².